The van der Waals surface area contributed by atoms with Gasteiger partial charge in [0.1, 0.15) is 5.82 Å². The van der Waals surface area contributed by atoms with Gasteiger partial charge < -0.3 is 10.7 Å². The third-order valence-electron chi connectivity index (χ3n) is 1.81. The van der Waals surface area contributed by atoms with Crippen molar-refractivity contribution in [2.24, 2.45) is 5.73 Å². The number of nitrogens with one attached hydrogen (secondary N) is 1. The first-order chi connectivity index (χ1) is 5.17. The molecule has 0 spiro atoms. The Kier molecular flexibility index (Phi) is 2.29. The van der Waals surface area contributed by atoms with E-state index in [0.29, 0.717) is 0 Å². The Morgan fingerprint density at radius 3 is 2.91 bits per heavy atom. The van der Waals surface area contributed by atoms with Crippen molar-refractivity contribution in [1.29, 1.82) is 0 Å². The maximum atomic E-state index is 6.00. The zero-order chi connectivity index (χ0) is 8.32. The quantitative estimate of drug-likeness (QED) is 0.689. The Hall–Kier alpha value is -0.830. The van der Waals surface area contributed by atoms with Crippen LogP contribution in [0.2, 0.25) is 0 Å². The van der Waals surface area contributed by atoms with Crippen LogP contribution in [0, 0.1) is 0 Å². The van der Waals surface area contributed by atoms with Gasteiger partial charge in [0.25, 0.3) is 0 Å². The van der Waals surface area contributed by atoms with Crippen LogP contribution in [-0.2, 0) is 5.54 Å². The molecule has 0 aromatic carbocycles. The van der Waals surface area contributed by atoms with E-state index in [-0.39, 0.29) is 5.54 Å². The summed E-state index contributed by atoms with van der Waals surface area (Å²) in [7, 11) is 0. The molecule has 1 unspecified atom stereocenters. The second-order valence-electron chi connectivity index (χ2n) is 3.11. The Labute approximate surface area is 67.0 Å². The minimum Gasteiger partial charge on any atom is -0.347 e. The molecule has 0 aliphatic carbocycles. The molecular weight excluding hydrogens is 138 g/mol. The summed E-state index contributed by atoms with van der Waals surface area (Å²) in [6.45, 7) is 4.11. The number of hydrogen-bond acceptors (Lipinski definition) is 2. The number of rotatable bonds is 3. The fraction of sp³-hybridized carbons (Fsp3) is 0.625. The highest BCUT2D eigenvalue weighted by Gasteiger charge is 2.21. The molecule has 1 atom stereocenters. The fourth-order valence-corrected chi connectivity index (χ4v) is 1.22. The smallest absolute Gasteiger partial charge is 0.125 e. The van der Waals surface area contributed by atoms with Crippen molar-refractivity contribution in [1.82, 2.24) is 9.97 Å². The molecular formula is C8H15N3. The van der Waals surface area contributed by atoms with E-state index in [9.17, 15) is 0 Å². The number of H-pyrrole nitrogens is 1. The summed E-state index contributed by atoms with van der Waals surface area (Å²) in [5.41, 5.74) is 5.71. The molecule has 1 aromatic rings. The van der Waals surface area contributed by atoms with Crippen LogP contribution in [0.15, 0.2) is 12.4 Å². The van der Waals surface area contributed by atoms with Gasteiger partial charge in [-0.15, -0.1) is 0 Å². The number of aromatic nitrogens is 2. The Balaban J connectivity index is 2.73. The van der Waals surface area contributed by atoms with Gasteiger partial charge in [0.2, 0.25) is 0 Å². The molecule has 0 radical (unpaired) electrons. The van der Waals surface area contributed by atoms with E-state index in [4.69, 9.17) is 5.73 Å². The number of aromatic amines is 1. The lowest BCUT2D eigenvalue weighted by Crippen LogP contribution is -2.33. The molecule has 1 aromatic heterocycles. The van der Waals surface area contributed by atoms with E-state index in [0.717, 1.165) is 18.7 Å². The molecule has 1 heterocycles. The predicted molar refractivity (Wildman–Crippen MR) is 45.0 cm³/mol. The molecule has 0 fully saturated rings. The zero-order valence-electron chi connectivity index (χ0n) is 7.09. The summed E-state index contributed by atoms with van der Waals surface area (Å²) < 4.78 is 0. The van der Waals surface area contributed by atoms with E-state index in [1.807, 2.05) is 6.92 Å². The van der Waals surface area contributed by atoms with E-state index >= 15 is 0 Å². The van der Waals surface area contributed by atoms with Crippen LogP contribution in [0.3, 0.4) is 0 Å². The number of nitrogens with two attached hydrogens (primary N) is 1. The van der Waals surface area contributed by atoms with Gasteiger partial charge >= 0.3 is 0 Å². The summed E-state index contributed by atoms with van der Waals surface area (Å²) in [5, 5.41) is 0. The molecule has 3 heteroatoms. The molecule has 11 heavy (non-hydrogen) atoms. The van der Waals surface area contributed by atoms with Crippen LogP contribution in [0.1, 0.15) is 32.5 Å². The van der Waals surface area contributed by atoms with Crippen molar-refractivity contribution in [3.05, 3.63) is 18.2 Å². The van der Waals surface area contributed by atoms with Crippen molar-refractivity contribution < 1.29 is 0 Å². The van der Waals surface area contributed by atoms with Crippen LogP contribution >= 0.6 is 0 Å². The molecule has 0 saturated heterocycles. The van der Waals surface area contributed by atoms with Crippen LogP contribution in [0.5, 0.6) is 0 Å². The van der Waals surface area contributed by atoms with Gasteiger partial charge in [-0.1, -0.05) is 13.3 Å². The van der Waals surface area contributed by atoms with E-state index < -0.39 is 0 Å². The molecule has 0 amide bonds. The van der Waals surface area contributed by atoms with Gasteiger partial charge in [-0.3, -0.25) is 0 Å². The summed E-state index contributed by atoms with van der Waals surface area (Å²) >= 11 is 0. The summed E-state index contributed by atoms with van der Waals surface area (Å²) in [5.74, 6) is 0.874. The molecule has 62 valence electrons. The normalized spacial score (nSPS) is 16.3. The third kappa shape index (κ3) is 1.80. The third-order valence-corrected chi connectivity index (χ3v) is 1.81. The minimum absolute atomic E-state index is 0.293. The highest BCUT2D eigenvalue weighted by molar-refractivity contribution is 5.02. The second kappa shape index (κ2) is 3.05. The first-order valence-corrected chi connectivity index (χ1v) is 3.95. The van der Waals surface area contributed by atoms with Crippen molar-refractivity contribution in [3.8, 4) is 0 Å². The van der Waals surface area contributed by atoms with Crippen LogP contribution in [-0.4, -0.2) is 9.97 Å². The Bertz CT molecular complexity index is 201. The Morgan fingerprint density at radius 2 is 2.45 bits per heavy atom. The van der Waals surface area contributed by atoms with E-state index in [1.165, 1.54) is 0 Å². The molecule has 0 bridgehead atoms. The molecule has 0 aliphatic rings. The van der Waals surface area contributed by atoms with Crippen molar-refractivity contribution in [3.63, 3.8) is 0 Å². The molecule has 3 nitrogen and oxygen atoms in total. The number of nitrogens with zero attached hydrogens (tertiary/aromatic N) is 1. The SMILES string of the molecule is CCCC(C)(N)c1ncc[nH]1. The molecule has 0 aliphatic heterocycles. The first kappa shape index (κ1) is 8.27. The summed E-state index contributed by atoms with van der Waals surface area (Å²) in [6.07, 6.45) is 5.57. The molecule has 3 N–H and O–H groups in total. The first-order valence-electron chi connectivity index (χ1n) is 3.95. The van der Waals surface area contributed by atoms with Crippen LogP contribution < -0.4 is 5.73 Å². The number of hydrogen-bond donors (Lipinski definition) is 2. The second-order valence-corrected chi connectivity index (χ2v) is 3.11. The van der Waals surface area contributed by atoms with E-state index in [1.54, 1.807) is 12.4 Å². The minimum atomic E-state index is -0.293. The average Bonchev–Trinajstić information content (AvgIpc) is 2.37. The standard InChI is InChI=1S/C8H15N3/c1-3-4-8(2,9)7-10-5-6-11-7/h5-6H,3-4,9H2,1-2H3,(H,10,11). The Morgan fingerprint density at radius 1 is 1.73 bits per heavy atom. The van der Waals surface area contributed by atoms with Gasteiger partial charge in [-0.25, -0.2) is 4.98 Å². The van der Waals surface area contributed by atoms with Crippen molar-refractivity contribution in [2.45, 2.75) is 32.2 Å². The summed E-state index contributed by atoms with van der Waals surface area (Å²) in [4.78, 5) is 7.15. The maximum absolute atomic E-state index is 6.00. The van der Waals surface area contributed by atoms with Gasteiger partial charge in [-0.05, 0) is 13.3 Å². The topological polar surface area (TPSA) is 54.7 Å². The highest BCUT2D eigenvalue weighted by atomic mass is 15.0. The average molecular weight is 153 g/mol. The number of imidazole rings is 1. The monoisotopic (exact) mass is 153 g/mol. The van der Waals surface area contributed by atoms with Gasteiger partial charge in [0.05, 0.1) is 5.54 Å². The molecule has 0 saturated carbocycles. The van der Waals surface area contributed by atoms with E-state index in [2.05, 4.69) is 16.9 Å². The lowest BCUT2D eigenvalue weighted by atomic mass is 9.97. The van der Waals surface area contributed by atoms with Gasteiger partial charge in [0.15, 0.2) is 0 Å². The molecule has 1 rings (SSSR count). The highest BCUT2D eigenvalue weighted by Crippen LogP contribution is 2.18. The van der Waals surface area contributed by atoms with Gasteiger partial charge in [0, 0.05) is 12.4 Å². The predicted octanol–water partition coefficient (Wildman–Crippen LogP) is 1.38. The fourth-order valence-electron chi connectivity index (χ4n) is 1.22. The van der Waals surface area contributed by atoms with Crippen LogP contribution in [0.4, 0.5) is 0 Å². The van der Waals surface area contributed by atoms with Crippen molar-refractivity contribution in [2.75, 3.05) is 0 Å². The maximum Gasteiger partial charge on any atom is 0.125 e. The van der Waals surface area contributed by atoms with Crippen LogP contribution in [0.25, 0.3) is 0 Å². The lowest BCUT2D eigenvalue weighted by Gasteiger charge is -2.20. The lowest BCUT2D eigenvalue weighted by molar-refractivity contribution is 0.423. The largest absolute Gasteiger partial charge is 0.347 e. The van der Waals surface area contributed by atoms with Gasteiger partial charge in [-0.2, -0.15) is 0 Å². The summed E-state index contributed by atoms with van der Waals surface area (Å²) in [6, 6.07) is 0. The van der Waals surface area contributed by atoms with Crippen molar-refractivity contribution >= 4 is 0 Å². The zero-order valence-corrected chi connectivity index (χ0v) is 7.09.